The van der Waals surface area contributed by atoms with Crippen LogP contribution in [0.3, 0.4) is 0 Å². The maximum absolute atomic E-state index is 13.3. The minimum atomic E-state index is -0.598. The van der Waals surface area contributed by atoms with Crippen LogP contribution in [-0.4, -0.2) is 47.7 Å². The SMILES string of the molecule is CCCC(=O)Nc1ccc2c(c1)CN(C(=O)c1cccc(Cl)c1)C(C(=O)N(C)C)C2. The lowest BCUT2D eigenvalue weighted by atomic mass is 9.92. The zero-order valence-corrected chi connectivity index (χ0v) is 18.2. The number of benzene rings is 2. The fourth-order valence-corrected chi connectivity index (χ4v) is 3.82. The number of carbonyl (C=O) groups excluding carboxylic acids is 3. The van der Waals surface area contributed by atoms with Crippen molar-refractivity contribution in [2.75, 3.05) is 19.4 Å². The molecule has 1 heterocycles. The van der Waals surface area contributed by atoms with Crippen molar-refractivity contribution in [1.82, 2.24) is 9.80 Å². The lowest BCUT2D eigenvalue weighted by molar-refractivity contribution is -0.134. The molecular weight excluding hydrogens is 402 g/mol. The van der Waals surface area contributed by atoms with Gasteiger partial charge in [0.2, 0.25) is 11.8 Å². The topological polar surface area (TPSA) is 69.7 Å². The Hall–Kier alpha value is -2.86. The van der Waals surface area contributed by atoms with Gasteiger partial charge < -0.3 is 15.1 Å². The first kappa shape index (κ1) is 21.8. The summed E-state index contributed by atoms with van der Waals surface area (Å²) in [6.45, 7) is 2.23. The molecule has 3 amide bonds. The largest absolute Gasteiger partial charge is 0.347 e. The molecule has 1 aliphatic rings. The van der Waals surface area contributed by atoms with Gasteiger partial charge >= 0.3 is 0 Å². The summed E-state index contributed by atoms with van der Waals surface area (Å²) in [7, 11) is 3.37. The Kier molecular flexibility index (Phi) is 6.77. The highest BCUT2D eigenvalue weighted by Crippen LogP contribution is 2.29. The number of rotatable bonds is 5. The molecule has 0 spiro atoms. The third kappa shape index (κ3) is 4.82. The summed E-state index contributed by atoms with van der Waals surface area (Å²) in [4.78, 5) is 41.2. The summed E-state index contributed by atoms with van der Waals surface area (Å²) in [5, 5.41) is 3.36. The van der Waals surface area contributed by atoms with E-state index >= 15 is 0 Å². The summed E-state index contributed by atoms with van der Waals surface area (Å²) in [5.74, 6) is -0.416. The second-order valence-electron chi connectivity index (χ2n) is 7.68. The van der Waals surface area contributed by atoms with E-state index in [0.717, 1.165) is 17.5 Å². The molecule has 0 fully saturated rings. The summed E-state index contributed by atoms with van der Waals surface area (Å²) in [5.41, 5.74) is 3.05. The van der Waals surface area contributed by atoms with Crippen LogP contribution >= 0.6 is 11.6 Å². The fraction of sp³-hybridized carbons (Fsp3) is 0.348. The predicted octanol–water partition coefficient (Wildman–Crippen LogP) is 3.73. The Morgan fingerprint density at radius 3 is 2.57 bits per heavy atom. The molecule has 1 aliphatic heterocycles. The van der Waals surface area contributed by atoms with Gasteiger partial charge in [-0.05, 0) is 47.9 Å². The number of nitrogens with one attached hydrogen (secondary N) is 1. The van der Waals surface area contributed by atoms with E-state index in [4.69, 9.17) is 11.6 Å². The number of hydrogen-bond donors (Lipinski definition) is 1. The number of halogens is 1. The van der Waals surface area contributed by atoms with Crippen molar-refractivity contribution in [2.45, 2.75) is 38.8 Å². The molecule has 0 saturated heterocycles. The summed E-state index contributed by atoms with van der Waals surface area (Å²) in [6.07, 6.45) is 1.64. The van der Waals surface area contributed by atoms with E-state index in [1.165, 1.54) is 4.90 Å². The maximum atomic E-state index is 13.3. The van der Waals surface area contributed by atoms with Gasteiger partial charge in [0.25, 0.3) is 5.91 Å². The van der Waals surface area contributed by atoms with Crippen LogP contribution in [0.4, 0.5) is 5.69 Å². The normalized spacial score (nSPS) is 15.3. The van der Waals surface area contributed by atoms with Gasteiger partial charge in [0.1, 0.15) is 6.04 Å². The van der Waals surface area contributed by atoms with Crippen LogP contribution in [-0.2, 0) is 22.6 Å². The van der Waals surface area contributed by atoms with Crippen LogP contribution in [0.1, 0.15) is 41.3 Å². The molecule has 1 atom stereocenters. The molecule has 0 aliphatic carbocycles. The number of carbonyl (C=O) groups is 3. The highest BCUT2D eigenvalue weighted by molar-refractivity contribution is 6.31. The smallest absolute Gasteiger partial charge is 0.254 e. The van der Waals surface area contributed by atoms with Crippen molar-refractivity contribution < 1.29 is 14.4 Å². The van der Waals surface area contributed by atoms with Gasteiger partial charge in [-0.3, -0.25) is 14.4 Å². The molecular formula is C23H26ClN3O3. The Bertz CT molecular complexity index is 974. The number of nitrogens with zero attached hydrogens (tertiary/aromatic N) is 2. The van der Waals surface area contributed by atoms with Crippen LogP contribution in [0.25, 0.3) is 0 Å². The van der Waals surface area contributed by atoms with Crippen LogP contribution in [0.15, 0.2) is 42.5 Å². The van der Waals surface area contributed by atoms with E-state index in [1.54, 1.807) is 43.3 Å². The third-order valence-corrected chi connectivity index (χ3v) is 5.39. The number of hydrogen-bond acceptors (Lipinski definition) is 3. The number of anilines is 1. The van der Waals surface area contributed by atoms with E-state index < -0.39 is 6.04 Å². The van der Waals surface area contributed by atoms with Crippen molar-refractivity contribution in [2.24, 2.45) is 0 Å². The molecule has 3 rings (SSSR count). The summed E-state index contributed by atoms with van der Waals surface area (Å²) < 4.78 is 0. The quantitative estimate of drug-likeness (QED) is 0.790. The highest BCUT2D eigenvalue weighted by Gasteiger charge is 2.36. The molecule has 158 valence electrons. The summed E-state index contributed by atoms with van der Waals surface area (Å²) in [6, 6.07) is 11.8. The zero-order valence-electron chi connectivity index (χ0n) is 17.4. The van der Waals surface area contributed by atoms with Crippen LogP contribution in [0.2, 0.25) is 5.02 Å². The molecule has 1 N–H and O–H groups in total. The molecule has 0 saturated carbocycles. The first-order valence-corrected chi connectivity index (χ1v) is 10.4. The van der Waals surface area contributed by atoms with Crippen LogP contribution < -0.4 is 5.32 Å². The van der Waals surface area contributed by atoms with E-state index in [9.17, 15) is 14.4 Å². The molecule has 1 unspecified atom stereocenters. The van der Waals surface area contributed by atoms with E-state index in [0.29, 0.717) is 29.1 Å². The van der Waals surface area contributed by atoms with E-state index in [1.807, 2.05) is 25.1 Å². The molecule has 0 radical (unpaired) electrons. The highest BCUT2D eigenvalue weighted by atomic mass is 35.5. The molecule has 2 aromatic carbocycles. The second kappa shape index (κ2) is 9.30. The maximum Gasteiger partial charge on any atom is 0.254 e. The average molecular weight is 428 g/mol. The standard InChI is InChI=1S/C23H26ClN3O3/c1-4-6-21(28)25-19-10-9-15-13-20(23(30)26(2)3)27(14-17(15)12-19)22(29)16-7-5-8-18(24)11-16/h5,7-12,20H,4,6,13-14H2,1-3H3,(H,25,28). The molecule has 0 bridgehead atoms. The lowest BCUT2D eigenvalue weighted by Gasteiger charge is -2.37. The predicted molar refractivity (Wildman–Crippen MR) is 117 cm³/mol. The first-order valence-electron chi connectivity index (χ1n) is 9.99. The van der Waals surface area contributed by atoms with Gasteiger partial charge in [-0.2, -0.15) is 0 Å². The third-order valence-electron chi connectivity index (χ3n) is 5.16. The Labute approximate surface area is 181 Å². The molecule has 30 heavy (non-hydrogen) atoms. The Morgan fingerprint density at radius 2 is 1.90 bits per heavy atom. The Balaban J connectivity index is 1.94. The Morgan fingerprint density at radius 1 is 1.13 bits per heavy atom. The van der Waals surface area contributed by atoms with Crippen molar-refractivity contribution in [1.29, 1.82) is 0 Å². The van der Waals surface area contributed by atoms with Gasteiger partial charge in [-0.15, -0.1) is 0 Å². The number of fused-ring (bicyclic) bond motifs is 1. The van der Waals surface area contributed by atoms with Crippen LogP contribution in [0, 0.1) is 0 Å². The van der Waals surface area contributed by atoms with Gasteiger partial charge in [0.15, 0.2) is 0 Å². The molecule has 7 heteroatoms. The van der Waals surface area contributed by atoms with Gasteiger partial charge in [-0.25, -0.2) is 0 Å². The fourth-order valence-electron chi connectivity index (χ4n) is 3.63. The molecule has 0 aromatic heterocycles. The van der Waals surface area contributed by atoms with Gasteiger partial charge in [-0.1, -0.05) is 30.7 Å². The van der Waals surface area contributed by atoms with E-state index in [2.05, 4.69) is 5.32 Å². The van der Waals surface area contributed by atoms with Crippen LogP contribution in [0.5, 0.6) is 0 Å². The molecule has 6 nitrogen and oxygen atoms in total. The van der Waals surface area contributed by atoms with Crippen molar-refractivity contribution in [3.63, 3.8) is 0 Å². The van der Waals surface area contributed by atoms with Crippen molar-refractivity contribution >= 4 is 35.0 Å². The zero-order chi connectivity index (χ0) is 21.8. The summed E-state index contributed by atoms with van der Waals surface area (Å²) >= 11 is 6.07. The number of amides is 3. The van der Waals surface area contributed by atoms with Gasteiger partial charge in [0.05, 0.1) is 0 Å². The van der Waals surface area contributed by atoms with Gasteiger partial charge in [0, 0.05) is 49.8 Å². The number of likely N-dealkylation sites (N-methyl/N-ethyl adjacent to an activating group) is 1. The second-order valence-corrected chi connectivity index (χ2v) is 8.11. The average Bonchev–Trinajstić information content (AvgIpc) is 2.71. The first-order chi connectivity index (χ1) is 14.3. The lowest BCUT2D eigenvalue weighted by Crippen LogP contribution is -2.52. The molecule has 2 aromatic rings. The minimum Gasteiger partial charge on any atom is -0.347 e. The van der Waals surface area contributed by atoms with Crippen molar-refractivity contribution in [3.8, 4) is 0 Å². The minimum absolute atomic E-state index is 0.0409. The van der Waals surface area contributed by atoms with E-state index in [-0.39, 0.29) is 24.3 Å². The van der Waals surface area contributed by atoms with Crippen molar-refractivity contribution in [3.05, 3.63) is 64.2 Å². The monoisotopic (exact) mass is 427 g/mol.